The Balaban J connectivity index is 2.23. The van der Waals surface area contributed by atoms with E-state index < -0.39 is 0 Å². The minimum atomic E-state index is 0.0339. The van der Waals surface area contributed by atoms with Crippen LogP contribution < -0.4 is 5.73 Å². The van der Waals surface area contributed by atoms with Crippen LogP contribution >= 0.6 is 0 Å². The fourth-order valence-electron chi connectivity index (χ4n) is 2.54. The van der Waals surface area contributed by atoms with E-state index in [1.54, 1.807) is 6.07 Å². The number of ether oxygens (including phenoxy) is 1. The molecule has 2 rings (SSSR count). The fourth-order valence-corrected chi connectivity index (χ4v) is 2.54. The van der Waals surface area contributed by atoms with Crippen LogP contribution in [-0.2, 0) is 11.2 Å². The topological polar surface area (TPSA) is 68.5 Å². The molecule has 110 valence electrons. The molecule has 0 aromatic carbocycles. The summed E-state index contributed by atoms with van der Waals surface area (Å²) in [5.41, 5.74) is 7.34. The number of aryl methyl sites for hydroxylation is 1. The predicted molar refractivity (Wildman–Crippen MR) is 78.6 cm³/mol. The van der Waals surface area contributed by atoms with Gasteiger partial charge in [0.25, 0.3) is 5.91 Å². The number of amides is 1. The van der Waals surface area contributed by atoms with E-state index in [1.165, 1.54) is 0 Å². The number of morpholine rings is 1. The number of nitrogens with zero attached hydrogens (tertiary/aromatic N) is 2. The second-order valence-electron chi connectivity index (χ2n) is 5.16. The van der Waals surface area contributed by atoms with Crippen molar-refractivity contribution in [2.24, 2.45) is 0 Å². The number of hydrogen-bond donors (Lipinski definition) is 1. The van der Waals surface area contributed by atoms with Crippen LogP contribution in [0.2, 0.25) is 0 Å². The second-order valence-corrected chi connectivity index (χ2v) is 5.16. The van der Waals surface area contributed by atoms with Gasteiger partial charge in [-0.3, -0.25) is 4.79 Å². The second kappa shape index (κ2) is 6.70. The minimum absolute atomic E-state index is 0.0339. The Morgan fingerprint density at radius 1 is 1.50 bits per heavy atom. The zero-order chi connectivity index (χ0) is 14.5. The largest absolute Gasteiger partial charge is 0.384 e. The van der Waals surface area contributed by atoms with Crippen LogP contribution in [0.1, 0.15) is 42.7 Å². The Labute approximate surface area is 120 Å². The Hall–Kier alpha value is -1.62. The summed E-state index contributed by atoms with van der Waals surface area (Å²) in [4.78, 5) is 18.8. The van der Waals surface area contributed by atoms with E-state index in [9.17, 15) is 4.79 Å². The van der Waals surface area contributed by atoms with Crippen LogP contribution in [0.4, 0.5) is 5.82 Å². The Bertz CT molecular complexity index is 476. The van der Waals surface area contributed by atoms with Gasteiger partial charge in [-0.05, 0) is 25.0 Å². The number of nitrogens with two attached hydrogens (primary N) is 1. The van der Waals surface area contributed by atoms with Gasteiger partial charge in [0.1, 0.15) is 5.82 Å². The number of pyridine rings is 1. The third-order valence-corrected chi connectivity index (χ3v) is 3.61. The number of aromatic nitrogens is 1. The molecule has 20 heavy (non-hydrogen) atoms. The molecule has 1 aromatic heterocycles. The number of hydrogen-bond acceptors (Lipinski definition) is 4. The molecule has 2 heterocycles. The molecule has 1 unspecified atom stereocenters. The monoisotopic (exact) mass is 277 g/mol. The Kier molecular flexibility index (Phi) is 4.95. The standard InChI is InChI=1S/C15H23N3O2/c1-3-5-12-8-11(9-14(16)17-12)15(19)18-6-7-20-10-13(18)4-2/h8-9,13H,3-7,10H2,1-2H3,(H2,16,17). The van der Waals surface area contributed by atoms with Crippen molar-refractivity contribution in [3.63, 3.8) is 0 Å². The summed E-state index contributed by atoms with van der Waals surface area (Å²) in [6.45, 7) is 6.02. The summed E-state index contributed by atoms with van der Waals surface area (Å²) >= 11 is 0. The van der Waals surface area contributed by atoms with Crippen LogP contribution in [-0.4, -0.2) is 41.6 Å². The lowest BCUT2D eigenvalue weighted by Crippen LogP contribution is -2.48. The van der Waals surface area contributed by atoms with Gasteiger partial charge in [-0.2, -0.15) is 0 Å². The van der Waals surface area contributed by atoms with Crippen molar-refractivity contribution in [1.29, 1.82) is 0 Å². The molecule has 1 aliphatic rings. The number of anilines is 1. The summed E-state index contributed by atoms with van der Waals surface area (Å²) in [5, 5.41) is 0. The van der Waals surface area contributed by atoms with Gasteiger partial charge in [-0.15, -0.1) is 0 Å². The zero-order valence-corrected chi connectivity index (χ0v) is 12.3. The van der Waals surface area contributed by atoms with Crippen molar-refractivity contribution >= 4 is 11.7 Å². The molecular weight excluding hydrogens is 254 g/mol. The first-order valence-electron chi connectivity index (χ1n) is 7.30. The fraction of sp³-hybridized carbons (Fsp3) is 0.600. The zero-order valence-electron chi connectivity index (χ0n) is 12.3. The third-order valence-electron chi connectivity index (χ3n) is 3.61. The SMILES string of the molecule is CCCc1cc(C(=O)N2CCOCC2CC)cc(N)n1. The molecule has 0 spiro atoms. The van der Waals surface area contributed by atoms with E-state index in [4.69, 9.17) is 10.5 Å². The highest BCUT2D eigenvalue weighted by atomic mass is 16.5. The van der Waals surface area contributed by atoms with Crippen LogP contribution in [0.25, 0.3) is 0 Å². The molecule has 5 nitrogen and oxygen atoms in total. The Morgan fingerprint density at radius 2 is 2.30 bits per heavy atom. The molecule has 1 aliphatic heterocycles. The maximum Gasteiger partial charge on any atom is 0.254 e. The van der Waals surface area contributed by atoms with E-state index in [0.29, 0.717) is 31.1 Å². The van der Waals surface area contributed by atoms with Crippen molar-refractivity contribution < 1.29 is 9.53 Å². The summed E-state index contributed by atoms with van der Waals surface area (Å²) in [6, 6.07) is 3.69. The number of rotatable bonds is 4. The number of carbonyl (C=O) groups excluding carboxylic acids is 1. The quantitative estimate of drug-likeness (QED) is 0.912. The first-order chi connectivity index (χ1) is 9.65. The van der Waals surface area contributed by atoms with E-state index in [-0.39, 0.29) is 11.9 Å². The lowest BCUT2D eigenvalue weighted by molar-refractivity contribution is -0.00280. The summed E-state index contributed by atoms with van der Waals surface area (Å²) in [7, 11) is 0. The highest BCUT2D eigenvalue weighted by Crippen LogP contribution is 2.17. The number of carbonyl (C=O) groups is 1. The van der Waals surface area contributed by atoms with Gasteiger partial charge in [-0.25, -0.2) is 4.98 Å². The van der Waals surface area contributed by atoms with Crippen LogP contribution in [0.3, 0.4) is 0 Å². The number of nitrogen functional groups attached to an aromatic ring is 1. The summed E-state index contributed by atoms with van der Waals surface area (Å²) in [5.74, 6) is 0.451. The lowest BCUT2D eigenvalue weighted by atomic mass is 10.1. The molecule has 2 N–H and O–H groups in total. The summed E-state index contributed by atoms with van der Waals surface area (Å²) in [6.07, 6.45) is 2.72. The molecule has 0 saturated carbocycles. The normalized spacial score (nSPS) is 19.1. The first-order valence-corrected chi connectivity index (χ1v) is 7.30. The average molecular weight is 277 g/mol. The average Bonchev–Trinajstić information content (AvgIpc) is 2.46. The van der Waals surface area contributed by atoms with Gasteiger partial charge in [0.15, 0.2) is 0 Å². The summed E-state index contributed by atoms with van der Waals surface area (Å²) < 4.78 is 5.44. The van der Waals surface area contributed by atoms with E-state index in [0.717, 1.165) is 25.0 Å². The highest BCUT2D eigenvalue weighted by molar-refractivity contribution is 5.95. The van der Waals surface area contributed by atoms with Gasteiger partial charge < -0.3 is 15.4 Å². The maximum atomic E-state index is 12.7. The van der Waals surface area contributed by atoms with E-state index >= 15 is 0 Å². The lowest BCUT2D eigenvalue weighted by Gasteiger charge is -2.35. The molecule has 1 fully saturated rings. The van der Waals surface area contributed by atoms with Crippen molar-refractivity contribution in [2.75, 3.05) is 25.5 Å². The van der Waals surface area contributed by atoms with Crippen molar-refractivity contribution in [3.8, 4) is 0 Å². The molecular formula is C15H23N3O2. The maximum absolute atomic E-state index is 12.7. The van der Waals surface area contributed by atoms with Crippen LogP contribution in [0.5, 0.6) is 0 Å². The van der Waals surface area contributed by atoms with Crippen molar-refractivity contribution in [3.05, 3.63) is 23.4 Å². The molecule has 1 aromatic rings. The van der Waals surface area contributed by atoms with Gasteiger partial charge in [0.2, 0.25) is 0 Å². The van der Waals surface area contributed by atoms with E-state index in [2.05, 4.69) is 18.8 Å². The highest BCUT2D eigenvalue weighted by Gasteiger charge is 2.27. The molecule has 1 atom stereocenters. The molecule has 0 bridgehead atoms. The predicted octanol–water partition coefficient (Wildman–Crippen LogP) is 1.87. The van der Waals surface area contributed by atoms with Crippen molar-refractivity contribution in [1.82, 2.24) is 9.88 Å². The van der Waals surface area contributed by atoms with E-state index in [1.807, 2.05) is 11.0 Å². The third kappa shape index (κ3) is 3.28. The van der Waals surface area contributed by atoms with Gasteiger partial charge >= 0.3 is 0 Å². The van der Waals surface area contributed by atoms with Crippen LogP contribution in [0, 0.1) is 0 Å². The Morgan fingerprint density at radius 3 is 3.00 bits per heavy atom. The first kappa shape index (κ1) is 14.8. The van der Waals surface area contributed by atoms with Gasteiger partial charge in [-0.1, -0.05) is 20.3 Å². The van der Waals surface area contributed by atoms with Gasteiger partial charge in [0, 0.05) is 17.8 Å². The molecule has 1 amide bonds. The molecule has 5 heteroatoms. The molecule has 0 aliphatic carbocycles. The minimum Gasteiger partial charge on any atom is -0.384 e. The van der Waals surface area contributed by atoms with Gasteiger partial charge in [0.05, 0.1) is 19.3 Å². The molecule has 1 saturated heterocycles. The molecule has 0 radical (unpaired) electrons. The van der Waals surface area contributed by atoms with Crippen molar-refractivity contribution in [2.45, 2.75) is 39.2 Å². The van der Waals surface area contributed by atoms with Crippen LogP contribution in [0.15, 0.2) is 12.1 Å². The smallest absolute Gasteiger partial charge is 0.254 e.